The summed E-state index contributed by atoms with van der Waals surface area (Å²) >= 11 is 0. The Kier molecular flexibility index (Phi) is 3.00. The summed E-state index contributed by atoms with van der Waals surface area (Å²) in [5, 5.41) is 0. The Morgan fingerprint density at radius 2 is 2.00 bits per heavy atom. The molecule has 1 heterocycles. The van der Waals surface area contributed by atoms with E-state index in [4.69, 9.17) is 5.73 Å². The number of aliphatic imine (C=N–C) groups is 1. The van der Waals surface area contributed by atoms with Crippen molar-refractivity contribution in [3.8, 4) is 0 Å². The Hall–Kier alpha value is -1.51. The summed E-state index contributed by atoms with van der Waals surface area (Å²) in [6.45, 7) is 5.57. The molecule has 1 aromatic carbocycles. The highest BCUT2D eigenvalue weighted by molar-refractivity contribution is 5.98. The summed E-state index contributed by atoms with van der Waals surface area (Å²) in [5.41, 5.74) is 7.48. The SMILES string of the molecule is CC1CCC2(CN=C(N)N2c2ccccc2)C(C)C1. The molecule has 0 aromatic heterocycles. The van der Waals surface area contributed by atoms with Crippen LogP contribution in [0.1, 0.15) is 33.1 Å². The number of guanidine groups is 1. The van der Waals surface area contributed by atoms with Crippen molar-refractivity contribution in [3.63, 3.8) is 0 Å². The van der Waals surface area contributed by atoms with Crippen LogP contribution >= 0.6 is 0 Å². The van der Waals surface area contributed by atoms with E-state index in [1.165, 1.54) is 24.9 Å². The second kappa shape index (κ2) is 4.55. The van der Waals surface area contributed by atoms with Crippen LogP contribution in [0.2, 0.25) is 0 Å². The van der Waals surface area contributed by atoms with E-state index in [0.717, 1.165) is 12.5 Å². The number of para-hydroxylation sites is 1. The van der Waals surface area contributed by atoms with E-state index in [1.807, 2.05) is 6.07 Å². The Morgan fingerprint density at radius 1 is 1.26 bits per heavy atom. The van der Waals surface area contributed by atoms with Crippen molar-refractivity contribution in [2.45, 2.75) is 38.6 Å². The molecule has 3 unspecified atom stereocenters. The van der Waals surface area contributed by atoms with Crippen LogP contribution in [0.5, 0.6) is 0 Å². The second-order valence-corrected chi connectivity index (χ2v) is 6.23. The summed E-state index contributed by atoms with van der Waals surface area (Å²) < 4.78 is 0. The minimum absolute atomic E-state index is 0.109. The van der Waals surface area contributed by atoms with Crippen LogP contribution in [0.15, 0.2) is 35.3 Å². The topological polar surface area (TPSA) is 41.6 Å². The van der Waals surface area contributed by atoms with Gasteiger partial charge in [-0.05, 0) is 43.2 Å². The molecule has 1 aromatic rings. The fraction of sp³-hybridized carbons (Fsp3) is 0.562. The summed E-state index contributed by atoms with van der Waals surface area (Å²) in [6, 6.07) is 10.5. The minimum Gasteiger partial charge on any atom is -0.369 e. The van der Waals surface area contributed by atoms with Crippen LogP contribution in [0.4, 0.5) is 5.69 Å². The van der Waals surface area contributed by atoms with E-state index >= 15 is 0 Å². The molecular formula is C16H23N3. The summed E-state index contributed by atoms with van der Waals surface area (Å²) in [4.78, 5) is 6.86. The number of nitrogens with zero attached hydrogens (tertiary/aromatic N) is 2. The van der Waals surface area contributed by atoms with Crippen molar-refractivity contribution in [3.05, 3.63) is 30.3 Å². The van der Waals surface area contributed by atoms with Gasteiger partial charge in [-0.25, -0.2) is 0 Å². The highest BCUT2D eigenvalue weighted by atomic mass is 15.4. The zero-order chi connectivity index (χ0) is 13.5. The maximum absolute atomic E-state index is 6.19. The highest BCUT2D eigenvalue weighted by Crippen LogP contribution is 2.45. The van der Waals surface area contributed by atoms with Gasteiger partial charge in [0.05, 0.1) is 12.1 Å². The van der Waals surface area contributed by atoms with Gasteiger partial charge in [0.2, 0.25) is 0 Å². The van der Waals surface area contributed by atoms with Crippen molar-refractivity contribution in [2.75, 3.05) is 11.4 Å². The van der Waals surface area contributed by atoms with Crippen molar-refractivity contribution >= 4 is 11.6 Å². The van der Waals surface area contributed by atoms with Gasteiger partial charge >= 0.3 is 0 Å². The Balaban J connectivity index is 1.98. The zero-order valence-electron chi connectivity index (χ0n) is 11.8. The van der Waals surface area contributed by atoms with Crippen LogP contribution in [-0.2, 0) is 0 Å². The van der Waals surface area contributed by atoms with Gasteiger partial charge in [-0.15, -0.1) is 0 Å². The normalized spacial score (nSPS) is 34.6. The molecule has 0 saturated heterocycles. The Morgan fingerprint density at radius 3 is 2.68 bits per heavy atom. The molecule has 1 fully saturated rings. The van der Waals surface area contributed by atoms with Crippen LogP contribution in [0.3, 0.4) is 0 Å². The summed E-state index contributed by atoms with van der Waals surface area (Å²) in [7, 11) is 0. The number of rotatable bonds is 1. The van der Waals surface area contributed by atoms with Gasteiger partial charge < -0.3 is 10.6 Å². The van der Waals surface area contributed by atoms with Crippen molar-refractivity contribution in [1.82, 2.24) is 0 Å². The lowest BCUT2D eigenvalue weighted by Crippen LogP contribution is -2.58. The van der Waals surface area contributed by atoms with Crippen LogP contribution in [0, 0.1) is 11.8 Å². The largest absolute Gasteiger partial charge is 0.369 e. The summed E-state index contributed by atoms with van der Waals surface area (Å²) in [6.07, 6.45) is 3.73. The number of anilines is 1. The lowest BCUT2D eigenvalue weighted by molar-refractivity contribution is 0.180. The molecular weight excluding hydrogens is 234 g/mol. The first-order valence-electron chi connectivity index (χ1n) is 7.29. The molecule has 19 heavy (non-hydrogen) atoms. The van der Waals surface area contributed by atoms with E-state index in [-0.39, 0.29) is 5.54 Å². The van der Waals surface area contributed by atoms with Crippen molar-refractivity contribution in [2.24, 2.45) is 22.6 Å². The van der Waals surface area contributed by atoms with E-state index in [1.54, 1.807) is 0 Å². The van der Waals surface area contributed by atoms with E-state index < -0.39 is 0 Å². The van der Waals surface area contributed by atoms with Crippen LogP contribution in [-0.4, -0.2) is 18.0 Å². The van der Waals surface area contributed by atoms with E-state index in [0.29, 0.717) is 11.9 Å². The number of benzene rings is 1. The molecule has 3 rings (SSSR count). The molecule has 0 amide bonds. The molecule has 2 N–H and O–H groups in total. The minimum atomic E-state index is 0.109. The number of hydrogen-bond donors (Lipinski definition) is 1. The fourth-order valence-electron chi connectivity index (χ4n) is 3.80. The predicted molar refractivity (Wildman–Crippen MR) is 80.3 cm³/mol. The fourth-order valence-corrected chi connectivity index (χ4v) is 3.80. The van der Waals surface area contributed by atoms with Gasteiger partial charge in [0, 0.05) is 5.69 Å². The lowest BCUT2D eigenvalue weighted by atomic mass is 9.69. The Labute approximate surface area is 115 Å². The van der Waals surface area contributed by atoms with Gasteiger partial charge in [-0.3, -0.25) is 4.99 Å². The van der Waals surface area contributed by atoms with Crippen molar-refractivity contribution < 1.29 is 0 Å². The van der Waals surface area contributed by atoms with E-state index in [2.05, 4.69) is 48.0 Å². The average Bonchev–Trinajstić information content (AvgIpc) is 2.74. The van der Waals surface area contributed by atoms with Crippen LogP contribution in [0.25, 0.3) is 0 Å². The third-order valence-electron chi connectivity index (χ3n) is 4.95. The molecule has 2 aliphatic rings. The van der Waals surface area contributed by atoms with Crippen molar-refractivity contribution in [1.29, 1.82) is 0 Å². The predicted octanol–water partition coefficient (Wildman–Crippen LogP) is 3.02. The molecule has 102 valence electrons. The van der Waals surface area contributed by atoms with Crippen LogP contribution < -0.4 is 10.6 Å². The van der Waals surface area contributed by atoms with Gasteiger partial charge in [0.15, 0.2) is 5.96 Å². The van der Waals surface area contributed by atoms with Gasteiger partial charge in [0.1, 0.15) is 0 Å². The summed E-state index contributed by atoms with van der Waals surface area (Å²) in [5.74, 6) is 2.13. The first-order valence-corrected chi connectivity index (χ1v) is 7.29. The molecule has 1 aliphatic heterocycles. The third kappa shape index (κ3) is 1.92. The maximum atomic E-state index is 6.19. The first-order chi connectivity index (χ1) is 9.13. The van der Waals surface area contributed by atoms with E-state index in [9.17, 15) is 0 Å². The maximum Gasteiger partial charge on any atom is 0.196 e. The molecule has 1 aliphatic carbocycles. The zero-order valence-corrected chi connectivity index (χ0v) is 11.8. The van der Waals surface area contributed by atoms with Gasteiger partial charge in [-0.2, -0.15) is 0 Å². The third-order valence-corrected chi connectivity index (χ3v) is 4.95. The molecule has 0 bridgehead atoms. The second-order valence-electron chi connectivity index (χ2n) is 6.23. The monoisotopic (exact) mass is 257 g/mol. The molecule has 1 saturated carbocycles. The molecule has 3 nitrogen and oxygen atoms in total. The van der Waals surface area contributed by atoms with Gasteiger partial charge in [-0.1, -0.05) is 32.0 Å². The standard InChI is InChI=1S/C16H23N3/c1-12-8-9-16(13(2)10-12)11-18-15(17)19(16)14-6-4-3-5-7-14/h3-7,12-13H,8-11H2,1-2H3,(H2,17,18). The Bertz CT molecular complexity index is 482. The highest BCUT2D eigenvalue weighted by Gasteiger charge is 2.49. The molecule has 3 atom stereocenters. The first kappa shape index (κ1) is 12.5. The molecule has 1 spiro atoms. The number of hydrogen-bond acceptors (Lipinski definition) is 3. The smallest absolute Gasteiger partial charge is 0.196 e. The molecule has 3 heteroatoms. The van der Waals surface area contributed by atoms with Gasteiger partial charge in [0.25, 0.3) is 0 Å². The lowest BCUT2D eigenvalue weighted by Gasteiger charge is -2.48. The quantitative estimate of drug-likeness (QED) is 0.840. The number of nitrogens with two attached hydrogens (primary N) is 1. The average molecular weight is 257 g/mol. The molecule has 0 radical (unpaired) electrons.